The number of aliphatic hydroxyl groups is 1. The summed E-state index contributed by atoms with van der Waals surface area (Å²) in [5, 5.41) is 10.1. The monoisotopic (exact) mass is 374 g/mol. The predicted octanol–water partition coefficient (Wildman–Crippen LogP) is 3.30. The first-order chi connectivity index (χ1) is 7.66. The van der Waals surface area contributed by atoms with Crippen LogP contribution in [0, 0.1) is 14.9 Å². The fraction of sp³-hybridized carbons (Fsp3) is 0.333. The number of aliphatic hydroxyl groups excluding tert-OH is 1. The molecule has 0 saturated carbocycles. The van der Waals surface area contributed by atoms with Gasteiger partial charge in [-0.05, 0) is 37.8 Å². The van der Waals surface area contributed by atoms with Crippen LogP contribution >= 0.6 is 12.4 Å². The Kier molecular flexibility index (Phi) is 15.5. The van der Waals surface area contributed by atoms with Crippen molar-refractivity contribution in [2.24, 2.45) is 0 Å². The molecule has 1 nitrogen and oxygen atoms in total. The van der Waals surface area contributed by atoms with Crippen LogP contribution in [0.3, 0.4) is 0 Å². The summed E-state index contributed by atoms with van der Waals surface area (Å²) in [6.45, 7) is 6.10. The Bertz CT molecular complexity index is 361. The molecule has 4 heteroatoms. The van der Waals surface area contributed by atoms with Gasteiger partial charge >= 0.3 is 30.2 Å². The van der Waals surface area contributed by atoms with Gasteiger partial charge < -0.3 is 20.0 Å². The summed E-state index contributed by atoms with van der Waals surface area (Å²) in [4.78, 5) is 0. The molecule has 0 saturated heterocycles. The van der Waals surface area contributed by atoms with Crippen LogP contribution in [0.4, 0.5) is 0 Å². The average Bonchev–Trinajstić information content (AvgIpc) is 2.89. The number of hydrogen-bond acceptors (Lipinski definition) is 1. The SMILES string of the molecule is CC1=CCC(C(O)C2=CC(C)=CC2)=C1.Cl.[CH3-].[CH3-].[SiH2]=[Zr+2]. The summed E-state index contributed by atoms with van der Waals surface area (Å²) in [5.41, 5.74) is 4.80. The molecule has 106 valence electrons. The third kappa shape index (κ3) is 7.04. The average molecular weight is 376 g/mol. The molecule has 0 aromatic heterocycles. The van der Waals surface area contributed by atoms with Gasteiger partial charge in [-0.3, -0.25) is 0 Å². The zero-order valence-corrected chi connectivity index (χ0v) is 17.1. The van der Waals surface area contributed by atoms with Crippen molar-refractivity contribution in [2.45, 2.75) is 32.8 Å². The maximum atomic E-state index is 10.1. The Labute approximate surface area is 141 Å². The fourth-order valence-corrected chi connectivity index (χ4v) is 2.00. The van der Waals surface area contributed by atoms with Gasteiger partial charge in [0.2, 0.25) is 0 Å². The van der Waals surface area contributed by atoms with Gasteiger partial charge in [0.05, 0.1) is 6.10 Å². The first-order valence-electron chi connectivity index (χ1n) is 5.44. The van der Waals surface area contributed by atoms with Gasteiger partial charge in [0.25, 0.3) is 0 Å². The van der Waals surface area contributed by atoms with Gasteiger partial charge in [-0.1, -0.05) is 35.5 Å². The van der Waals surface area contributed by atoms with E-state index < -0.39 is 0 Å². The third-order valence-electron chi connectivity index (χ3n) is 2.85. The molecular formula is C15H25ClOSiZr. The Hall–Kier alpha value is 0.310. The summed E-state index contributed by atoms with van der Waals surface area (Å²) in [6, 6.07) is 0. The number of rotatable bonds is 2. The van der Waals surface area contributed by atoms with E-state index in [9.17, 15) is 5.11 Å². The second-order valence-electron chi connectivity index (χ2n) is 4.15. The van der Waals surface area contributed by atoms with E-state index in [2.05, 4.69) is 38.2 Å². The molecule has 2 rings (SSSR count). The van der Waals surface area contributed by atoms with E-state index in [1.54, 1.807) is 23.3 Å². The van der Waals surface area contributed by atoms with E-state index in [0.717, 1.165) is 24.0 Å². The minimum absolute atomic E-state index is 0. The van der Waals surface area contributed by atoms with Gasteiger partial charge in [-0.25, -0.2) is 0 Å². The van der Waals surface area contributed by atoms with Crippen molar-refractivity contribution in [3.63, 3.8) is 0 Å². The molecule has 2 aliphatic rings. The maximum absolute atomic E-state index is 10.1. The van der Waals surface area contributed by atoms with Crippen molar-refractivity contribution in [1.29, 1.82) is 0 Å². The van der Waals surface area contributed by atoms with Crippen molar-refractivity contribution < 1.29 is 28.4 Å². The van der Waals surface area contributed by atoms with Crippen molar-refractivity contribution in [3.8, 4) is 0 Å². The summed E-state index contributed by atoms with van der Waals surface area (Å²) in [5.74, 6) is 0. The number of hydrogen-bond donors (Lipinski definition) is 1. The Morgan fingerprint density at radius 1 is 1.00 bits per heavy atom. The molecule has 0 aromatic rings. The second-order valence-corrected chi connectivity index (χ2v) is 4.15. The van der Waals surface area contributed by atoms with Crippen LogP contribution in [0.2, 0.25) is 0 Å². The van der Waals surface area contributed by atoms with Gasteiger partial charge in [0.1, 0.15) is 0 Å². The summed E-state index contributed by atoms with van der Waals surface area (Å²) >= 11 is 1.58. The van der Waals surface area contributed by atoms with E-state index in [1.165, 1.54) is 11.1 Å². The standard InChI is InChI=1S/C13H16O.2CH3.ClH.H2Si.Zr/c1-9-3-5-11(7-9)13(14)12-6-4-10(2)8-12;;;;;/h3-4,7-8,13-14H,5-6H2,1-2H3;2*1H3;1H;1H2;/q;2*-1;;;+2. The molecule has 0 atom stereocenters. The summed E-state index contributed by atoms with van der Waals surface area (Å²) in [6.07, 6.45) is 9.96. The normalized spacial score (nSPS) is 15.7. The fourth-order valence-electron chi connectivity index (χ4n) is 2.00. The third-order valence-corrected chi connectivity index (χ3v) is 2.85. The molecule has 0 heterocycles. The predicted molar refractivity (Wildman–Crippen MR) is 87.5 cm³/mol. The zero-order chi connectivity index (χ0) is 12.1. The van der Waals surface area contributed by atoms with Crippen molar-refractivity contribution >= 4 is 19.3 Å². The summed E-state index contributed by atoms with van der Waals surface area (Å²) in [7, 11) is 0. The molecule has 0 bridgehead atoms. The van der Waals surface area contributed by atoms with E-state index in [0.29, 0.717) is 0 Å². The van der Waals surface area contributed by atoms with Gasteiger partial charge in [-0.15, -0.1) is 12.4 Å². The molecule has 0 unspecified atom stereocenters. The van der Waals surface area contributed by atoms with Crippen LogP contribution < -0.4 is 0 Å². The van der Waals surface area contributed by atoms with Gasteiger partial charge in [-0.2, -0.15) is 0 Å². The molecule has 19 heavy (non-hydrogen) atoms. The molecule has 0 aliphatic heterocycles. The van der Waals surface area contributed by atoms with Crippen molar-refractivity contribution in [1.82, 2.24) is 0 Å². The topological polar surface area (TPSA) is 20.2 Å². The van der Waals surface area contributed by atoms with Crippen LogP contribution in [-0.4, -0.2) is 18.1 Å². The van der Waals surface area contributed by atoms with E-state index in [4.69, 9.17) is 0 Å². The first kappa shape index (κ1) is 24.3. The van der Waals surface area contributed by atoms with Crippen LogP contribution in [0.5, 0.6) is 0 Å². The second kappa shape index (κ2) is 12.1. The molecule has 1 N–H and O–H groups in total. The van der Waals surface area contributed by atoms with Gasteiger partial charge in [0, 0.05) is 0 Å². The van der Waals surface area contributed by atoms with E-state index in [-0.39, 0.29) is 33.4 Å². The summed E-state index contributed by atoms with van der Waals surface area (Å²) < 4.78 is 0. The van der Waals surface area contributed by atoms with Crippen molar-refractivity contribution in [3.05, 3.63) is 61.4 Å². The van der Waals surface area contributed by atoms with Gasteiger partial charge in [0.15, 0.2) is 0 Å². The Morgan fingerprint density at radius 3 is 1.53 bits per heavy atom. The quantitative estimate of drug-likeness (QED) is 0.579. The molecule has 0 spiro atoms. The molecule has 0 amide bonds. The Balaban J connectivity index is -0.000000489. The molecule has 0 radical (unpaired) electrons. The van der Waals surface area contributed by atoms with Crippen LogP contribution in [0.25, 0.3) is 0 Å². The molecule has 2 aliphatic carbocycles. The van der Waals surface area contributed by atoms with Crippen LogP contribution in [-0.2, 0) is 23.3 Å². The van der Waals surface area contributed by atoms with E-state index >= 15 is 0 Å². The first-order valence-corrected chi connectivity index (χ1v) is 11.4. The number of halogens is 1. The van der Waals surface area contributed by atoms with Crippen LogP contribution in [0.1, 0.15) is 26.7 Å². The molecular weight excluding hydrogens is 351 g/mol. The Morgan fingerprint density at radius 2 is 1.32 bits per heavy atom. The zero-order valence-electron chi connectivity index (χ0n) is 12.4. The number of allylic oxidation sites excluding steroid dienone is 6. The van der Waals surface area contributed by atoms with Crippen LogP contribution in [0.15, 0.2) is 46.6 Å². The molecule has 0 fully saturated rings. The van der Waals surface area contributed by atoms with Crippen molar-refractivity contribution in [2.75, 3.05) is 0 Å². The minimum atomic E-state index is -0.364. The molecule has 0 aromatic carbocycles. The van der Waals surface area contributed by atoms with E-state index in [1.807, 2.05) is 6.88 Å².